The fraction of sp³-hybridized carbons (Fsp3) is 0.0455. The van der Waals surface area contributed by atoms with Crippen LogP contribution in [-0.2, 0) is 6.67 Å². The van der Waals surface area contributed by atoms with E-state index in [-0.39, 0.29) is 0 Å². The molecule has 0 saturated heterocycles. The van der Waals surface area contributed by atoms with Gasteiger partial charge in [-0.25, -0.2) is 4.98 Å². The molecule has 0 radical (unpaired) electrons. The normalized spacial score (nSPS) is 12.2. The highest BCUT2D eigenvalue weighted by Gasteiger charge is 2.24. The lowest BCUT2D eigenvalue weighted by Gasteiger charge is -2.21. The van der Waals surface area contributed by atoms with Crippen LogP contribution in [0.4, 0.5) is 5.69 Å². The topological polar surface area (TPSA) is 29.9 Å². The molecule has 1 aliphatic rings. The average Bonchev–Trinajstić information content (AvgIpc) is 3.09. The van der Waals surface area contributed by atoms with Gasteiger partial charge >= 0.3 is 0 Å². The van der Waals surface area contributed by atoms with Crippen LogP contribution in [0.5, 0.6) is 0 Å². The third kappa shape index (κ3) is 2.24. The maximum absolute atomic E-state index is 5.06. The van der Waals surface area contributed by atoms with Crippen LogP contribution in [0.3, 0.4) is 0 Å². The Morgan fingerprint density at radius 2 is 1.36 bits per heavy atom. The molecule has 2 heterocycles. The molecule has 0 saturated carbocycles. The number of benzene rings is 3. The number of hydrogen-bond acceptors (Lipinski definition) is 2. The summed E-state index contributed by atoms with van der Waals surface area (Å²) in [5, 5.41) is 3.52. The first-order valence-corrected chi connectivity index (χ1v) is 8.46. The maximum Gasteiger partial charge on any atom is 0.144 e. The van der Waals surface area contributed by atoms with Crippen molar-refractivity contribution in [3.05, 3.63) is 84.9 Å². The number of hydrogen-bond donors (Lipinski definition) is 1. The van der Waals surface area contributed by atoms with Crippen molar-refractivity contribution in [2.24, 2.45) is 0 Å². The fourth-order valence-electron chi connectivity index (χ4n) is 3.49. The highest BCUT2D eigenvalue weighted by molar-refractivity contribution is 5.85. The Balaban J connectivity index is 1.82. The number of nitrogens with zero attached hydrogens (tertiary/aromatic N) is 2. The number of nitrogens with one attached hydrogen (secondary N) is 1. The summed E-state index contributed by atoms with van der Waals surface area (Å²) in [4.78, 5) is 5.06. The van der Waals surface area contributed by atoms with Gasteiger partial charge in [0, 0.05) is 22.4 Å². The van der Waals surface area contributed by atoms with E-state index in [9.17, 15) is 0 Å². The fourth-order valence-corrected chi connectivity index (χ4v) is 3.49. The van der Waals surface area contributed by atoms with Crippen molar-refractivity contribution >= 4 is 5.69 Å². The molecule has 0 bridgehead atoms. The smallest absolute Gasteiger partial charge is 0.144 e. The molecule has 3 heteroatoms. The van der Waals surface area contributed by atoms with E-state index in [1.165, 1.54) is 5.56 Å². The second kappa shape index (κ2) is 5.64. The lowest BCUT2D eigenvalue weighted by molar-refractivity contribution is 0.776. The summed E-state index contributed by atoms with van der Waals surface area (Å²) in [6, 6.07) is 29.3. The molecule has 5 rings (SSSR count). The van der Waals surface area contributed by atoms with E-state index in [2.05, 4.69) is 82.7 Å². The highest BCUT2D eigenvalue weighted by atomic mass is 15.2. The third-order valence-electron chi connectivity index (χ3n) is 4.66. The number of rotatable bonds is 2. The van der Waals surface area contributed by atoms with E-state index in [0.29, 0.717) is 0 Å². The van der Waals surface area contributed by atoms with Gasteiger partial charge < -0.3 is 9.88 Å². The summed E-state index contributed by atoms with van der Waals surface area (Å²) >= 11 is 0. The van der Waals surface area contributed by atoms with E-state index in [1.54, 1.807) is 0 Å². The van der Waals surface area contributed by atoms with Crippen molar-refractivity contribution in [1.82, 2.24) is 9.55 Å². The Hall–Kier alpha value is -3.33. The quantitative estimate of drug-likeness (QED) is 0.545. The Morgan fingerprint density at radius 3 is 2.12 bits per heavy atom. The Bertz CT molecular complexity index is 1030. The van der Waals surface area contributed by atoms with Gasteiger partial charge in [-0.1, -0.05) is 72.8 Å². The largest absolute Gasteiger partial charge is 0.367 e. The Labute approximate surface area is 146 Å². The molecular weight excluding hydrogens is 306 g/mol. The molecule has 3 nitrogen and oxygen atoms in total. The first-order chi connectivity index (χ1) is 12.4. The minimum absolute atomic E-state index is 0.719. The molecule has 0 spiro atoms. The Kier molecular flexibility index (Phi) is 3.17. The number of aromatic nitrogens is 2. The molecule has 25 heavy (non-hydrogen) atoms. The van der Waals surface area contributed by atoms with Gasteiger partial charge in [0.25, 0.3) is 0 Å². The van der Waals surface area contributed by atoms with Gasteiger partial charge in [-0.05, 0) is 12.1 Å². The Morgan fingerprint density at radius 1 is 0.720 bits per heavy atom. The van der Waals surface area contributed by atoms with Crippen LogP contribution in [0.1, 0.15) is 0 Å². The lowest BCUT2D eigenvalue weighted by Crippen LogP contribution is -2.16. The first kappa shape index (κ1) is 14.1. The van der Waals surface area contributed by atoms with Crippen LogP contribution in [0.25, 0.3) is 33.9 Å². The second-order valence-corrected chi connectivity index (χ2v) is 6.17. The minimum Gasteiger partial charge on any atom is -0.367 e. The predicted molar refractivity (Wildman–Crippen MR) is 102 cm³/mol. The summed E-state index contributed by atoms with van der Waals surface area (Å²) in [7, 11) is 0. The van der Waals surface area contributed by atoms with Gasteiger partial charge in [0.05, 0.1) is 18.1 Å². The van der Waals surface area contributed by atoms with E-state index >= 15 is 0 Å². The summed E-state index contributed by atoms with van der Waals surface area (Å²) in [6.45, 7) is 0.719. The molecule has 0 fully saturated rings. The SMILES string of the molecule is c1ccc(-c2nc3n(c2-c2ccccc2)CNc2ccccc2-3)cc1. The molecule has 0 atom stereocenters. The van der Waals surface area contributed by atoms with E-state index < -0.39 is 0 Å². The summed E-state index contributed by atoms with van der Waals surface area (Å²) < 4.78 is 2.28. The van der Waals surface area contributed by atoms with E-state index in [1.807, 2.05) is 12.1 Å². The first-order valence-electron chi connectivity index (χ1n) is 8.46. The number of fused-ring (bicyclic) bond motifs is 3. The van der Waals surface area contributed by atoms with E-state index in [4.69, 9.17) is 4.98 Å². The molecular formula is C22H17N3. The van der Waals surface area contributed by atoms with Crippen LogP contribution in [0.15, 0.2) is 84.9 Å². The number of anilines is 1. The molecule has 3 aromatic carbocycles. The van der Waals surface area contributed by atoms with Crippen LogP contribution in [-0.4, -0.2) is 9.55 Å². The van der Waals surface area contributed by atoms with Crippen molar-refractivity contribution < 1.29 is 0 Å². The van der Waals surface area contributed by atoms with Gasteiger partial charge in [-0.3, -0.25) is 0 Å². The molecule has 1 aliphatic heterocycles. The van der Waals surface area contributed by atoms with Crippen LogP contribution >= 0.6 is 0 Å². The van der Waals surface area contributed by atoms with Crippen LogP contribution < -0.4 is 5.32 Å². The van der Waals surface area contributed by atoms with Gasteiger partial charge in [-0.15, -0.1) is 0 Å². The lowest BCUT2D eigenvalue weighted by atomic mass is 10.0. The summed E-state index contributed by atoms with van der Waals surface area (Å²) in [5.74, 6) is 1.02. The van der Waals surface area contributed by atoms with Gasteiger partial charge in [0.2, 0.25) is 0 Å². The molecule has 0 amide bonds. The van der Waals surface area contributed by atoms with Crippen molar-refractivity contribution in [1.29, 1.82) is 0 Å². The molecule has 0 aliphatic carbocycles. The predicted octanol–water partition coefficient (Wildman–Crippen LogP) is 5.27. The molecule has 4 aromatic rings. The van der Waals surface area contributed by atoms with Crippen LogP contribution in [0.2, 0.25) is 0 Å². The van der Waals surface area contributed by atoms with Crippen molar-refractivity contribution in [3.8, 4) is 33.9 Å². The number of imidazole rings is 1. The third-order valence-corrected chi connectivity index (χ3v) is 4.66. The maximum atomic E-state index is 5.06. The molecule has 0 unspecified atom stereocenters. The molecule has 1 aromatic heterocycles. The minimum atomic E-state index is 0.719. The highest BCUT2D eigenvalue weighted by Crippen LogP contribution is 2.40. The molecule has 120 valence electrons. The van der Waals surface area contributed by atoms with Gasteiger partial charge in [0.15, 0.2) is 0 Å². The monoisotopic (exact) mass is 323 g/mol. The standard InChI is InChI=1S/C22H17N3/c1-3-9-16(10-4-1)20-21(17-11-5-2-6-12-17)25-15-23-19-14-8-7-13-18(19)22(25)24-20/h1-14,23H,15H2. The number of para-hydroxylation sites is 1. The zero-order chi connectivity index (χ0) is 16.6. The van der Waals surface area contributed by atoms with Crippen molar-refractivity contribution in [3.63, 3.8) is 0 Å². The second-order valence-electron chi connectivity index (χ2n) is 6.17. The zero-order valence-corrected chi connectivity index (χ0v) is 13.7. The van der Waals surface area contributed by atoms with Gasteiger partial charge in [-0.2, -0.15) is 0 Å². The van der Waals surface area contributed by atoms with Crippen LogP contribution in [0, 0.1) is 0 Å². The van der Waals surface area contributed by atoms with Gasteiger partial charge in [0.1, 0.15) is 5.82 Å². The van der Waals surface area contributed by atoms with Crippen molar-refractivity contribution in [2.75, 3.05) is 5.32 Å². The molecule has 1 N–H and O–H groups in total. The summed E-state index contributed by atoms with van der Waals surface area (Å²) in [6.07, 6.45) is 0. The van der Waals surface area contributed by atoms with E-state index in [0.717, 1.165) is 40.7 Å². The average molecular weight is 323 g/mol. The zero-order valence-electron chi connectivity index (χ0n) is 13.7. The summed E-state index contributed by atoms with van der Waals surface area (Å²) in [5.41, 5.74) is 6.79. The van der Waals surface area contributed by atoms with Crippen molar-refractivity contribution in [2.45, 2.75) is 6.67 Å².